The van der Waals surface area contributed by atoms with Crippen molar-refractivity contribution in [3.05, 3.63) is 59.2 Å². The molecule has 2 aromatic carbocycles. The van der Waals surface area contributed by atoms with Crippen molar-refractivity contribution in [2.45, 2.75) is 37.0 Å². The molecular formula is C22H27N3O5S. The van der Waals surface area contributed by atoms with Crippen molar-refractivity contribution in [1.29, 1.82) is 0 Å². The van der Waals surface area contributed by atoms with E-state index in [1.807, 2.05) is 0 Å². The molecule has 1 heterocycles. The molecule has 1 aliphatic heterocycles. The number of carbonyl (C=O) groups is 2. The third-order valence-electron chi connectivity index (χ3n) is 5.44. The molecule has 166 valence electrons. The standard InChI is InChI=1S/C22H27N3O5S/c1-2-24-21(26)20(15-6-8-16(9-7-15)22(27)28)18-14-17(31(23,29)30)10-11-19(18)25-12-4-3-5-13-25/h6-11,14,20H,2-5,12-13H2,1H3,(H,24,26)(H,27,28)(H2,23,29,30). The van der Waals surface area contributed by atoms with E-state index in [9.17, 15) is 23.1 Å². The van der Waals surface area contributed by atoms with Gasteiger partial charge in [0.1, 0.15) is 0 Å². The number of benzene rings is 2. The summed E-state index contributed by atoms with van der Waals surface area (Å²) in [7, 11) is -3.97. The Labute approximate surface area is 182 Å². The number of nitrogens with two attached hydrogens (primary N) is 1. The summed E-state index contributed by atoms with van der Waals surface area (Å²) in [4.78, 5) is 26.5. The minimum Gasteiger partial charge on any atom is -0.478 e. The Balaban J connectivity index is 2.19. The monoisotopic (exact) mass is 445 g/mol. The molecule has 1 aliphatic rings. The summed E-state index contributed by atoms with van der Waals surface area (Å²) in [5, 5.41) is 17.4. The number of rotatable bonds is 7. The molecule has 0 spiro atoms. The lowest BCUT2D eigenvalue weighted by Crippen LogP contribution is -2.34. The van der Waals surface area contributed by atoms with Crippen LogP contribution in [0.2, 0.25) is 0 Å². The van der Waals surface area contributed by atoms with Gasteiger partial charge in [0, 0.05) is 25.3 Å². The average molecular weight is 446 g/mol. The van der Waals surface area contributed by atoms with Crippen molar-refractivity contribution in [2.75, 3.05) is 24.5 Å². The Hall–Kier alpha value is -2.91. The van der Waals surface area contributed by atoms with Gasteiger partial charge in [0.15, 0.2) is 0 Å². The van der Waals surface area contributed by atoms with Gasteiger partial charge in [-0.05, 0) is 67.6 Å². The third-order valence-corrected chi connectivity index (χ3v) is 6.35. The summed E-state index contributed by atoms with van der Waals surface area (Å²) in [5.74, 6) is -2.18. The molecule has 9 heteroatoms. The van der Waals surface area contributed by atoms with E-state index in [0.717, 1.165) is 38.0 Å². The zero-order valence-electron chi connectivity index (χ0n) is 17.4. The first-order chi connectivity index (χ1) is 14.7. The number of primary sulfonamides is 1. The first-order valence-electron chi connectivity index (χ1n) is 10.2. The quantitative estimate of drug-likeness (QED) is 0.600. The number of carboxylic acids is 1. The van der Waals surface area contributed by atoms with Crippen molar-refractivity contribution >= 4 is 27.6 Å². The van der Waals surface area contributed by atoms with Crippen molar-refractivity contribution in [3.8, 4) is 0 Å². The molecule has 1 saturated heterocycles. The number of hydrogen-bond acceptors (Lipinski definition) is 5. The Morgan fingerprint density at radius 2 is 1.74 bits per heavy atom. The molecule has 1 amide bonds. The molecule has 1 unspecified atom stereocenters. The van der Waals surface area contributed by atoms with Crippen molar-refractivity contribution in [1.82, 2.24) is 5.32 Å². The van der Waals surface area contributed by atoms with Crippen molar-refractivity contribution < 1.29 is 23.1 Å². The number of sulfonamides is 1. The van der Waals surface area contributed by atoms with Crippen molar-refractivity contribution in [3.63, 3.8) is 0 Å². The van der Waals surface area contributed by atoms with Gasteiger partial charge in [0.25, 0.3) is 0 Å². The number of aromatic carboxylic acids is 1. The van der Waals surface area contributed by atoms with Crippen LogP contribution >= 0.6 is 0 Å². The number of likely N-dealkylation sites (N-methyl/N-ethyl adjacent to an activating group) is 1. The van der Waals surface area contributed by atoms with Gasteiger partial charge in [-0.15, -0.1) is 0 Å². The summed E-state index contributed by atoms with van der Waals surface area (Å²) >= 11 is 0. The van der Waals surface area contributed by atoms with E-state index in [2.05, 4.69) is 10.2 Å². The number of amides is 1. The fourth-order valence-corrected chi connectivity index (χ4v) is 4.48. The molecule has 0 bridgehead atoms. The van der Waals surface area contributed by atoms with E-state index in [-0.39, 0.29) is 16.4 Å². The summed E-state index contributed by atoms with van der Waals surface area (Å²) in [6.07, 6.45) is 3.14. The number of hydrogen-bond donors (Lipinski definition) is 3. The number of carboxylic acid groups (broad SMARTS) is 1. The minimum absolute atomic E-state index is 0.0697. The molecule has 4 N–H and O–H groups in total. The summed E-state index contributed by atoms with van der Waals surface area (Å²) < 4.78 is 24.1. The number of anilines is 1. The first-order valence-corrected chi connectivity index (χ1v) is 11.8. The van der Waals surface area contributed by atoms with Gasteiger partial charge in [-0.2, -0.15) is 0 Å². The van der Waals surface area contributed by atoms with Crippen LogP contribution < -0.4 is 15.4 Å². The SMILES string of the molecule is CCNC(=O)C(c1ccc(C(=O)O)cc1)c1cc(S(N)(=O)=O)ccc1N1CCCCC1. The molecule has 0 radical (unpaired) electrons. The smallest absolute Gasteiger partial charge is 0.335 e. The second kappa shape index (κ2) is 9.49. The van der Waals surface area contributed by atoms with Gasteiger partial charge in [-0.3, -0.25) is 4.79 Å². The number of nitrogens with zero attached hydrogens (tertiary/aromatic N) is 1. The van der Waals surface area contributed by atoms with E-state index in [4.69, 9.17) is 5.14 Å². The van der Waals surface area contributed by atoms with Gasteiger partial charge in [0.05, 0.1) is 16.4 Å². The van der Waals surface area contributed by atoms with Crippen LogP contribution in [0.3, 0.4) is 0 Å². The molecule has 2 aromatic rings. The maximum atomic E-state index is 13.1. The second-order valence-corrected chi connectivity index (χ2v) is 9.13. The Bertz CT molecular complexity index is 1060. The first kappa shape index (κ1) is 22.8. The summed E-state index contributed by atoms with van der Waals surface area (Å²) in [6, 6.07) is 10.7. The van der Waals surface area contributed by atoms with E-state index in [1.54, 1.807) is 25.1 Å². The minimum atomic E-state index is -3.97. The molecule has 0 saturated carbocycles. The largest absolute Gasteiger partial charge is 0.478 e. The predicted molar refractivity (Wildman–Crippen MR) is 118 cm³/mol. The molecule has 8 nitrogen and oxygen atoms in total. The molecule has 0 aromatic heterocycles. The molecule has 1 atom stereocenters. The summed E-state index contributed by atoms with van der Waals surface area (Å²) in [5.41, 5.74) is 1.99. The highest BCUT2D eigenvalue weighted by atomic mass is 32.2. The van der Waals surface area contributed by atoms with Gasteiger partial charge < -0.3 is 15.3 Å². The van der Waals surface area contributed by atoms with Crippen LogP contribution in [0.1, 0.15) is 53.6 Å². The van der Waals surface area contributed by atoms with Crippen LogP contribution in [0.5, 0.6) is 0 Å². The molecule has 1 fully saturated rings. The van der Waals surface area contributed by atoms with E-state index in [0.29, 0.717) is 17.7 Å². The number of piperidine rings is 1. The molecule has 0 aliphatic carbocycles. The lowest BCUT2D eigenvalue weighted by Gasteiger charge is -2.32. The second-order valence-electron chi connectivity index (χ2n) is 7.57. The summed E-state index contributed by atoms with van der Waals surface area (Å²) in [6.45, 7) is 3.81. The molecular weight excluding hydrogens is 418 g/mol. The molecule has 31 heavy (non-hydrogen) atoms. The highest BCUT2D eigenvalue weighted by Gasteiger charge is 2.29. The van der Waals surface area contributed by atoms with Crippen LogP contribution in [0.25, 0.3) is 0 Å². The Kier molecular flexibility index (Phi) is 6.97. The van der Waals surface area contributed by atoms with Crippen LogP contribution in [0.15, 0.2) is 47.4 Å². The van der Waals surface area contributed by atoms with Crippen LogP contribution in [0.4, 0.5) is 5.69 Å². The van der Waals surface area contributed by atoms with Crippen LogP contribution in [-0.2, 0) is 14.8 Å². The fraction of sp³-hybridized carbons (Fsp3) is 0.364. The Morgan fingerprint density at radius 3 is 2.29 bits per heavy atom. The maximum Gasteiger partial charge on any atom is 0.335 e. The average Bonchev–Trinajstić information content (AvgIpc) is 2.74. The van der Waals surface area contributed by atoms with Gasteiger partial charge >= 0.3 is 5.97 Å². The maximum absolute atomic E-state index is 13.1. The zero-order chi connectivity index (χ0) is 22.6. The number of carbonyl (C=O) groups excluding carboxylic acids is 1. The lowest BCUT2D eigenvalue weighted by molar-refractivity contribution is -0.121. The zero-order valence-corrected chi connectivity index (χ0v) is 18.2. The van der Waals surface area contributed by atoms with E-state index < -0.39 is 21.9 Å². The predicted octanol–water partition coefficient (Wildman–Crippen LogP) is 2.29. The van der Waals surface area contributed by atoms with Gasteiger partial charge in [-0.25, -0.2) is 18.4 Å². The van der Waals surface area contributed by atoms with Crippen LogP contribution in [0, 0.1) is 0 Å². The van der Waals surface area contributed by atoms with E-state index >= 15 is 0 Å². The topological polar surface area (TPSA) is 130 Å². The van der Waals surface area contributed by atoms with Crippen LogP contribution in [-0.4, -0.2) is 45.0 Å². The van der Waals surface area contributed by atoms with E-state index in [1.165, 1.54) is 24.3 Å². The lowest BCUT2D eigenvalue weighted by atomic mass is 9.88. The van der Waals surface area contributed by atoms with Gasteiger partial charge in [-0.1, -0.05) is 12.1 Å². The Morgan fingerprint density at radius 1 is 1.10 bits per heavy atom. The van der Waals surface area contributed by atoms with Gasteiger partial charge in [0.2, 0.25) is 15.9 Å². The highest BCUT2D eigenvalue weighted by molar-refractivity contribution is 7.89. The third kappa shape index (κ3) is 5.23. The fourth-order valence-electron chi connectivity index (χ4n) is 3.93. The van der Waals surface area contributed by atoms with Crippen molar-refractivity contribution in [2.24, 2.45) is 5.14 Å². The highest BCUT2D eigenvalue weighted by Crippen LogP contribution is 2.36. The molecule has 3 rings (SSSR count). The normalized spacial score (nSPS) is 15.4. The number of nitrogens with one attached hydrogen (secondary N) is 1.